The summed E-state index contributed by atoms with van der Waals surface area (Å²) in [6, 6.07) is 11.6. The maximum absolute atomic E-state index is 8.90. The molecule has 0 aliphatic carbocycles. The molecule has 1 aromatic carbocycles. The summed E-state index contributed by atoms with van der Waals surface area (Å²) in [7, 11) is 0. The van der Waals surface area contributed by atoms with E-state index in [0.29, 0.717) is 5.65 Å². The summed E-state index contributed by atoms with van der Waals surface area (Å²) in [4.78, 5) is 0. The van der Waals surface area contributed by atoms with E-state index in [9.17, 15) is 0 Å². The second-order valence-electron chi connectivity index (χ2n) is 3.81. The molecule has 3 rings (SSSR count). The molecule has 0 aliphatic rings. The summed E-state index contributed by atoms with van der Waals surface area (Å²) in [5.41, 5.74) is 8.23. The number of benzene rings is 1. The monoisotopic (exact) mass is 362 g/mol. The van der Waals surface area contributed by atoms with Gasteiger partial charge in [-0.2, -0.15) is 14.9 Å². The number of fused-ring (bicyclic) bond motifs is 1. The first-order chi connectivity index (χ1) is 9.22. The number of nitrogens with zero attached hydrogens (tertiary/aromatic N) is 5. The van der Waals surface area contributed by atoms with Crippen LogP contribution in [0, 0.1) is 14.9 Å². The number of nitrogens with two attached hydrogens (primary N) is 1. The molecule has 0 spiro atoms. The number of hydrogen-bond acceptors (Lipinski definition) is 5. The van der Waals surface area contributed by atoms with E-state index in [1.807, 2.05) is 36.4 Å². The van der Waals surface area contributed by atoms with Crippen molar-refractivity contribution in [2.45, 2.75) is 0 Å². The van der Waals surface area contributed by atoms with Gasteiger partial charge in [-0.3, -0.25) is 0 Å². The van der Waals surface area contributed by atoms with Crippen molar-refractivity contribution in [3.8, 4) is 17.3 Å². The Hall–Kier alpha value is -2.21. The van der Waals surface area contributed by atoms with Crippen molar-refractivity contribution in [1.82, 2.24) is 19.8 Å². The van der Waals surface area contributed by atoms with Crippen molar-refractivity contribution < 1.29 is 0 Å². The summed E-state index contributed by atoms with van der Waals surface area (Å²) in [6.45, 7) is 0. The van der Waals surface area contributed by atoms with Gasteiger partial charge in [0.05, 0.1) is 3.57 Å². The Labute approximate surface area is 122 Å². The normalized spacial score (nSPS) is 10.5. The first-order valence-corrected chi connectivity index (χ1v) is 6.46. The Bertz CT molecular complexity index is 802. The largest absolute Gasteiger partial charge is 0.381 e. The highest BCUT2D eigenvalue weighted by Crippen LogP contribution is 2.27. The Kier molecular flexibility index (Phi) is 2.79. The van der Waals surface area contributed by atoms with Gasteiger partial charge < -0.3 is 5.73 Å². The lowest BCUT2D eigenvalue weighted by atomic mass is 10.2. The third-order valence-electron chi connectivity index (χ3n) is 2.67. The molecule has 3 aromatic rings. The third-order valence-corrected chi connectivity index (χ3v) is 3.67. The molecule has 0 bridgehead atoms. The highest BCUT2D eigenvalue weighted by atomic mass is 127. The van der Waals surface area contributed by atoms with E-state index in [0.717, 1.165) is 14.8 Å². The van der Waals surface area contributed by atoms with Crippen LogP contribution in [0.3, 0.4) is 0 Å². The minimum Gasteiger partial charge on any atom is -0.381 e. The van der Waals surface area contributed by atoms with Crippen LogP contribution >= 0.6 is 22.6 Å². The summed E-state index contributed by atoms with van der Waals surface area (Å²) in [5, 5.41) is 21.1. The number of nitrogen functional groups attached to an aromatic ring is 1. The van der Waals surface area contributed by atoms with Crippen molar-refractivity contribution >= 4 is 34.1 Å². The molecule has 2 N–H and O–H groups in total. The molecule has 0 amide bonds. The van der Waals surface area contributed by atoms with Crippen LogP contribution in [-0.2, 0) is 0 Å². The smallest absolute Gasteiger partial charge is 0.205 e. The van der Waals surface area contributed by atoms with Gasteiger partial charge in [0, 0.05) is 5.56 Å². The number of nitriles is 1. The molecule has 0 atom stereocenters. The van der Waals surface area contributed by atoms with Gasteiger partial charge in [-0.05, 0) is 22.6 Å². The molecular weight excluding hydrogens is 355 g/mol. The molecule has 0 saturated heterocycles. The summed E-state index contributed by atoms with van der Waals surface area (Å²) < 4.78 is 2.31. The second kappa shape index (κ2) is 4.47. The minimum absolute atomic E-state index is 0.0750. The predicted molar refractivity (Wildman–Crippen MR) is 78.1 cm³/mol. The van der Waals surface area contributed by atoms with Crippen LogP contribution in [0.25, 0.3) is 16.9 Å². The van der Waals surface area contributed by atoms with E-state index in [1.54, 1.807) is 0 Å². The zero-order valence-corrected chi connectivity index (χ0v) is 11.7. The second-order valence-corrected chi connectivity index (χ2v) is 4.89. The lowest BCUT2D eigenvalue weighted by Crippen LogP contribution is -2.06. The first-order valence-electron chi connectivity index (χ1n) is 5.38. The van der Waals surface area contributed by atoms with E-state index < -0.39 is 0 Å². The van der Waals surface area contributed by atoms with Gasteiger partial charge in [0.25, 0.3) is 0 Å². The van der Waals surface area contributed by atoms with Crippen LogP contribution < -0.4 is 5.73 Å². The zero-order chi connectivity index (χ0) is 13.4. The van der Waals surface area contributed by atoms with Gasteiger partial charge in [0.15, 0.2) is 11.5 Å². The Balaban J connectivity index is 2.33. The van der Waals surface area contributed by atoms with E-state index >= 15 is 0 Å². The quantitative estimate of drug-likeness (QED) is 0.667. The number of anilines is 1. The molecular formula is C12H7IN6. The van der Waals surface area contributed by atoms with E-state index in [1.165, 1.54) is 4.52 Å². The van der Waals surface area contributed by atoms with Crippen LogP contribution in [0.2, 0.25) is 0 Å². The molecule has 0 radical (unpaired) electrons. The molecule has 0 unspecified atom stereocenters. The Morgan fingerprint density at radius 1 is 1.21 bits per heavy atom. The highest BCUT2D eigenvalue weighted by molar-refractivity contribution is 14.1. The molecule has 0 saturated carbocycles. The lowest BCUT2D eigenvalue weighted by Gasteiger charge is -1.97. The van der Waals surface area contributed by atoms with Crippen molar-refractivity contribution in [2.75, 3.05) is 5.73 Å². The van der Waals surface area contributed by atoms with Crippen molar-refractivity contribution in [3.05, 3.63) is 39.6 Å². The van der Waals surface area contributed by atoms with Crippen molar-refractivity contribution in [1.29, 1.82) is 5.26 Å². The molecule has 92 valence electrons. The average Bonchev–Trinajstić information content (AvgIpc) is 2.79. The van der Waals surface area contributed by atoms with E-state index in [4.69, 9.17) is 11.0 Å². The fraction of sp³-hybridized carbons (Fsp3) is 0. The van der Waals surface area contributed by atoms with Crippen LogP contribution in [-0.4, -0.2) is 19.8 Å². The van der Waals surface area contributed by atoms with Crippen LogP contribution in [0.1, 0.15) is 5.69 Å². The summed E-state index contributed by atoms with van der Waals surface area (Å²) >= 11 is 2.15. The summed E-state index contributed by atoms with van der Waals surface area (Å²) in [6.07, 6.45) is 0. The number of aromatic nitrogens is 4. The maximum atomic E-state index is 8.90. The van der Waals surface area contributed by atoms with Gasteiger partial charge in [-0.25, -0.2) is 0 Å². The summed E-state index contributed by atoms with van der Waals surface area (Å²) in [5.74, 6) is 0.201. The first kappa shape index (κ1) is 11.9. The van der Waals surface area contributed by atoms with Crippen molar-refractivity contribution in [2.24, 2.45) is 0 Å². The van der Waals surface area contributed by atoms with Gasteiger partial charge >= 0.3 is 0 Å². The van der Waals surface area contributed by atoms with E-state index in [-0.39, 0.29) is 11.5 Å². The number of hydrogen-bond donors (Lipinski definition) is 1. The van der Waals surface area contributed by atoms with Crippen LogP contribution in [0.4, 0.5) is 5.82 Å². The topological polar surface area (TPSA) is 92.9 Å². The fourth-order valence-electron chi connectivity index (χ4n) is 1.75. The maximum Gasteiger partial charge on any atom is 0.205 e. The molecule has 2 heterocycles. The van der Waals surface area contributed by atoms with Crippen LogP contribution in [0.15, 0.2) is 30.3 Å². The van der Waals surface area contributed by atoms with Crippen molar-refractivity contribution in [3.63, 3.8) is 0 Å². The fourth-order valence-corrected chi connectivity index (χ4v) is 2.51. The molecule has 19 heavy (non-hydrogen) atoms. The number of rotatable bonds is 1. The molecule has 7 heteroatoms. The molecule has 6 nitrogen and oxygen atoms in total. The average molecular weight is 362 g/mol. The molecule has 2 aromatic heterocycles. The van der Waals surface area contributed by atoms with Gasteiger partial charge in [0.2, 0.25) is 5.69 Å². The zero-order valence-electron chi connectivity index (χ0n) is 9.58. The third kappa shape index (κ3) is 1.80. The minimum atomic E-state index is 0.0750. The number of halogens is 1. The Morgan fingerprint density at radius 2 is 1.95 bits per heavy atom. The highest BCUT2D eigenvalue weighted by Gasteiger charge is 2.17. The molecule has 0 fully saturated rings. The predicted octanol–water partition coefficient (Wildman–Crippen LogP) is 1.85. The van der Waals surface area contributed by atoms with Crippen LogP contribution in [0.5, 0.6) is 0 Å². The lowest BCUT2D eigenvalue weighted by molar-refractivity contribution is 0.893. The van der Waals surface area contributed by atoms with Gasteiger partial charge in [0.1, 0.15) is 11.8 Å². The van der Waals surface area contributed by atoms with Gasteiger partial charge in [-0.1, -0.05) is 30.3 Å². The standard InChI is InChI=1S/C12H7IN6/c13-9-10(7-4-2-1-3-5-7)18-19-11(15)8(6-14)16-17-12(9)19/h1-5H,15H2. The molecule has 0 aliphatic heterocycles. The SMILES string of the molecule is N#Cc1nnc2c(I)c(-c3ccccc3)nn2c1N. The Morgan fingerprint density at radius 3 is 2.63 bits per heavy atom. The van der Waals surface area contributed by atoms with E-state index in [2.05, 4.69) is 37.9 Å². The van der Waals surface area contributed by atoms with Gasteiger partial charge in [-0.15, -0.1) is 10.2 Å².